The molecule has 0 aliphatic rings. The van der Waals surface area contributed by atoms with E-state index in [-0.39, 0.29) is 11.5 Å². The fourth-order valence-corrected chi connectivity index (χ4v) is 1.71. The number of hydrogen-bond acceptors (Lipinski definition) is 3. The molecule has 2 rings (SSSR count). The van der Waals surface area contributed by atoms with E-state index in [2.05, 4.69) is 15.2 Å². The average Bonchev–Trinajstić information content (AvgIpc) is 2.62. The smallest absolute Gasteiger partial charge is 0.337 e. The number of rotatable bonds is 2. The van der Waals surface area contributed by atoms with Gasteiger partial charge in [-0.15, -0.1) is 0 Å². The van der Waals surface area contributed by atoms with Crippen LogP contribution in [-0.4, -0.2) is 26.3 Å². The van der Waals surface area contributed by atoms with Gasteiger partial charge in [-0.3, -0.25) is 5.10 Å². The van der Waals surface area contributed by atoms with Crippen molar-refractivity contribution in [3.8, 4) is 0 Å². The predicted octanol–water partition coefficient (Wildman–Crippen LogP) is 1.78. The number of aromatic nitrogens is 3. The highest BCUT2D eigenvalue weighted by atomic mass is 16.4. The molecule has 0 saturated heterocycles. The lowest BCUT2D eigenvalue weighted by molar-refractivity contribution is 0.0695. The first-order valence-corrected chi connectivity index (χ1v) is 4.66. The minimum absolute atomic E-state index is 0.124. The summed E-state index contributed by atoms with van der Waals surface area (Å²) < 4.78 is 0. The summed E-state index contributed by atoms with van der Waals surface area (Å²) >= 11 is 0. The Labute approximate surface area is 86.1 Å². The quantitative estimate of drug-likeness (QED) is 0.783. The summed E-state index contributed by atoms with van der Waals surface area (Å²) in [6.45, 7) is 3.91. The van der Waals surface area contributed by atoms with Crippen molar-refractivity contribution in [2.75, 3.05) is 0 Å². The highest BCUT2D eigenvalue weighted by Crippen LogP contribution is 2.26. The number of carboxylic acids is 1. The summed E-state index contributed by atoms with van der Waals surface area (Å²) in [7, 11) is 0. The van der Waals surface area contributed by atoms with Gasteiger partial charge in [0.1, 0.15) is 0 Å². The molecule has 0 amide bonds. The Bertz CT molecular complexity index is 516. The number of pyridine rings is 1. The second kappa shape index (κ2) is 3.34. The summed E-state index contributed by atoms with van der Waals surface area (Å²) in [5.41, 5.74) is 1.66. The summed E-state index contributed by atoms with van der Waals surface area (Å²) in [4.78, 5) is 15.0. The van der Waals surface area contributed by atoms with Crippen LogP contribution >= 0.6 is 0 Å². The summed E-state index contributed by atoms with van der Waals surface area (Å²) in [6, 6.07) is 0. The molecule has 0 aliphatic heterocycles. The van der Waals surface area contributed by atoms with Crippen LogP contribution in [-0.2, 0) is 0 Å². The molecule has 2 N–H and O–H groups in total. The van der Waals surface area contributed by atoms with Crippen LogP contribution in [0.25, 0.3) is 11.0 Å². The van der Waals surface area contributed by atoms with Gasteiger partial charge in [-0.1, -0.05) is 13.8 Å². The van der Waals surface area contributed by atoms with Gasteiger partial charge in [-0.2, -0.15) is 5.10 Å². The molecule has 5 nitrogen and oxygen atoms in total. The molecule has 0 atom stereocenters. The Hall–Kier alpha value is -1.91. The van der Waals surface area contributed by atoms with Crippen LogP contribution < -0.4 is 0 Å². The molecule has 2 aromatic rings. The first kappa shape index (κ1) is 9.64. The van der Waals surface area contributed by atoms with E-state index in [0.717, 1.165) is 10.9 Å². The number of nitrogens with zero attached hydrogens (tertiary/aromatic N) is 2. The highest BCUT2D eigenvalue weighted by molar-refractivity contribution is 5.95. The Morgan fingerprint density at radius 2 is 2.20 bits per heavy atom. The van der Waals surface area contributed by atoms with Crippen molar-refractivity contribution in [1.82, 2.24) is 15.2 Å². The largest absolute Gasteiger partial charge is 0.478 e. The predicted molar refractivity (Wildman–Crippen MR) is 54.9 cm³/mol. The Kier molecular flexibility index (Phi) is 2.15. The monoisotopic (exact) mass is 205 g/mol. The third kappa shape index (κ3) is 1.45. The second-order valence-electron chi connectivity index (χ2n) is 3.68. The van der Waals surface area contributed by atoms with Crippen molar-refractivity contribution in [2.24, 2.45) is 0 Å². The van der Waals surface area contributed by atoms with Crippen LogP contribution in [0.5, 0.6) is 0 Å². The normalized spacial score (nSPS) is 11.1. The van der Waals surface area contributed by atoms with Gasteiger partial charge in [0, 0.05) is 11.6 Å². The molecule has 2 aromatic heterocycles. The van der Waals surface area contributed by atoms with Crippen molar-refractivity contribution in [3.63, 3.8) is 0 Å². The maximum atomic E-state index is 11.0. The number of hydrogen-bond donors (Lipinski definition) is 2. The van der Waals surface area contributed by atoms with Gasteiger partial charge in [0.15, 0.2) is 5.65 Å². The van der Waals surface area contributed by atoms with Gasteiger partial charge in [-0.05, 0) is 11.5 Å². The van der Waals surface area contributed by atoms with E-state index < -0.39 is 5.97 Å². The van der Waals surface area contributed by atoms with Crippen LogP contribution in [0.4, 0.5) is 0 Å². The first-order chi connectivity index (χ1) is 7.11. The molecule has 78 valence electrons. The van der Waals surface area contributed by atoms with Crippen molar-refractivity contribution >= 4 is 17.0 Å². The summed E-state index contributed by atoms with van der Waals surface area (Å²) in [5, 5.41) is 16.4. The minimum Gasteiger partial charge on any atom is -0.478 e. The molecule has 0 radical (unpaired) electrons. The van der Waals surface area contributed by atoms with E-state index in [1.807, 2.05) is 13.8 Å². The number of H-pyrrole nitrogens is 1. The zero-order valence-electron chi connectivity index (χ0n) is 8.48. The minimum atomic E-state index is -0.950. The molecule has 15 heavy (non-hydrogen) atoms. The highest BCUT2D eigenvalue weighted by Gasteiger charge is 2.17. The number of aromatic carboxylic acids is 1. The Balaban J connectivity index is 2.81. The van der Waals surface area contributed by atoms with Gasteiger partial charge in [0.05, 0.1) is 11.8 Å². The second-order valence-corrected chi connectivity index (χ2v) is 3.68. The fraction of sp³-hybridized carbons (Fsp3) is 0.300. The molecular weight excluding hydrogens is 194 g/mol. The van der Waals surface area contributed by atoms with Crippen molar-refractivity contribution < 1.29 is 9.90 Å². The first-order valence-electron chi connectivity index (χ1n) is 4.66. The SMILES string of the molecule is CC(C)c1c(C(=O)O)cnc2[nH]ncc12. The molecule has 0 aliphatic carbocycles. The lowest BCUT2D eigenvalue weighted by atomic mass is 9.96. The van der Waals surface area contributed by atoms with E-state index in [1.54, 1.807) is 6.20 Å². The molecule has 0 bridgehead atoms. The third-order valence-corrected chi connectivity index (χ3v) is 2.33. The Morgan fingerprint density at radius 1 is 1.47 bits per heavy atom. The number of carbonyl (C=O) groups is 1. The van der Waals surface area contributed by atoms with E-state index in [9.17, 15) is 4.79 Å². The topological polar surface area (TPSA) is 78.9 Å². The zero-order chi connectivity index (χ0) is 11.0. The van der Waals surface area contributed by atoms with E-state index in [0.29, 0.717) is 5.65 Å². The van der Waals surface area contributed by atoms with Crippen LogP contribution in [0.3, 0.4) is 0 Å². The van der Waals surface area contributed by atoms with Gasteiger partial charge < -0.3 is 5.11 Å². The average molecular weight is 205 g/mol. The fourth-order valence-electron chi connectivity index (χ4n) is 1.71. The van der Waals surface area contributed by atoms with Gasteiger partial charge in [0.2, 0.25) is 0 Å². The van der Waals surface area contributed by atoms with E-state index in [4.69, 9.17) is 5.11 Å². The lowest BCUT2D eigenvalue weighted by Gasteiger charge is -2.09. The van der Waals surface area contributed by atoms with Gasteiger partial charge in [-0.25, -0.2) is 9.78 Å². The van der Waals surface area contributed by atoms with E-state index in [1.165, 1.54) is 6.20 Å². The van der Waals surface area contributed by atoms with Crippen LogP contribution in [0.1, 0.15) is 35.7 Å². The van der Waals surface area contributed by atoms with Crippen molar-refractivity contribution in [3.05, 3.63) is 23.5 Å². The van der Waals surface area contributed by atoms with E-state index >= 15 is 0 Å². The molecule has 0 unspecified atom stereocenters. The van der Waals surface area contributed by atoms with Crippen molar-refractivity contribution in [1.29, 1.82) is 0 Å². The molecular formula is C10H11N3O2. The standard InChI is InChI=1S/C10H11N3O2/c1-5(2)8-6-4-12-13-9(6)11-3-7(8)10(14)15/h3-5H,1-2H3,(H,14,15)(H,11,12,13). The molecule has 0 fully saturated rings. The number of nitrogens with one attached hydrogen (secondary N) is 1. The molecule has 0 aromatic carbocycles. The van der Waals surface area contributed by atoms with Crippen LogP contribution in [0.2, 0.25) is 0 Å². The number of fused-ring (bicyclic) bond motifs is 1. The lowest BCUT2D eigenvalue weighted by Crippen LogP contribution is -2.05. The molecule has 5 heteroatoms. The number of carboxylic acid groups (broad SMARTS) is 1. The summed E-state index contributed by atoms with van der Waals surface area (Å²) in [6.07, 6.45) is 2.99. The number of aromatic amines is 1. The molecule has 2 heterocycles. The van der Waals surface area contributed by atoms with Crippen molar-refractivity contribution in [2.45, 2.75) is 19.8 Å². The molecule has 0 saturated carbocycles. The van der Waals surface area contributed by atoms with Crippen LogP contribution in [0, 0.1) is 0 Å². The maximum Gasteiger partial charge on any atom is 0.337 e. The van der Waals surface area contributed by atoms with Gasteiger partial charge >= 0.3 is 5.97 Å². The molecule has 0 spiro atoms. The zero-order valence-corrected chi connectivity index (χ0v) is 8.48. The van der Waals surface area contributed by atoms with Gasteiger partial charge in [0.25, 0.3) is 0 Å². The maximum absolute atomic E-state index is 11.0. The third-order valence-electron chi connectivity index (χ3n) is 2.33. The van der Waals surface area contributed by atoms with Crippen LogP contribution in [0.15, 0.2) is 12.4 Å². The Morgan fingerprint density at radius 3 is 2.80 bits per heavy atom. The summed E-state index contributed by atoms with van der Waals surface area (Å²) in [5.74, 6) is -0.825.